The first-order valence-corrected chi connectivity index (χ1v) is 6.55. The number of aromatic nitrogens is 3. The number of nitrogens with zero attached hydrogens (tertiary/aromatic N) is 2. The lowest BCUT2D eigenvalue weighted by atomic mass is 10.1. The maximum absolute atomic E-state index is 11.0. The standard InChI is InChI=1S/C16H11N3O2/c1-8-2-4-11-10(6-8)14-15(18-11)19-13-7-9(16(20)21)3-5-12(13)17-14/h2-7H,1H3,(H,18,19)(H,20,21). The highest BCUT2D eigenvalue weighted by atomic mass is 16.4. The average Bonchev–Trinajstić information content (AvgIpc) is 2.81. The summed E-state index contributed by atoms with van der Waals surface area (Å²) in [7, 11) is 0. The summed E-state index contributed by atoms with van der Waals surface area (Å²) in [6, 6.07) is 10.9. The third-order valence-corrected chi connectivity index (χ3v) is 3.59. The number of nitrogens with one attached hydrogen (secondary N) is 1. The van der Waals surface area contributed by atoms with Gasteiger partial charge in [0.2, 0.25) is 0 Å². The van der Waals surface area contributed by atoms with Crippen LogP contribution in [-0.4, -0.2) is 26.0 Å². The van der Waals surface area contributed by atoms with Crippen LogP contribution in [0.5, 0.6) is 0 Å². The van der Waals surface area contributed by atoms with Crippen molar-refractivity contribution in [2.45, 2.75) is 6.92 Å². The van der Waals surface area contributed by atoms with Crippen molar-refractivity contribution in [3.05, 3.63) is 47.5 Å². The van der Waals surface area contributed by atoms with Crippen LogP contribution < -0.4 is 0 Å². The molecule has 0 fully saturated rings. The number of benzene rings is 2. The molecule has 5 nitrogen and oxygen atoms in total. The van der Waals surface area contributed by atoms with Gasteiger partial charge in [0.05, 0.1) is 16.6 Å². The molecule has 2 aromatic carbocycles. The molecule has 0 radical (unpaired) electrons. The molecule has 0 saturated carbocycles. The molecule has 21 heavy (non-hydrogen) atoms. The van der Waals surface area contributed by atoms with Crippen molar-refractivity contribution >= 4 is 39.1 Å². The topological polar surface area (TPSA) is 78.9 Å². The number of fused-ring (bicyclic) bond motifs is 4. The molecule has 0 saturated heterocycles. The highest BCUT2D eigenvalue weighted by Crippen LogP contribution is 2.25. The smallest absolute Gasteiger partial charge is 0.335 e. The first-order valence-electron chi connectivity index (χ1n) is 6.55. The van der Waals surface area contributed by atoms with Crippen molar-refractivity contribution in [1.29, 1.82) is 0 Å². The number of aromatic amines is 1. The summed E-state index contributed by atoms with van der Waals surface area (Å²) in [6.07, 6.45) is 0. The van der Waals surface area contributed by atoms with Gasteiger partial charge < -0.3 is 10.1 Å². The van der Waals surface area contributed by atoms with E-state index in [1.807, 2.05) is 19.1 Å². The molecule has 0 atom stereocenters. The van der Waals surface area contributed by atoms with Gasteiger partial charge in [-0.1, -0.05) is 11.6 Å². The maximum Gasteiger partial charge on any atom is 0.335 e. The largest absolute Gasteiger partial charge is 0.478 e. The zero-order chi connectivity index (χ0) is 14.6. The summed E-state index contributed by atoms with van der Waals surface area (Å²) in [5.41, 5.74) is 5.09. The van der Waals surface area contributed by atoms with E-state index < -0.39 is 5.97 Å². The van der Waals surface area contributed by atoms with Crippen LogP contribution >= 0.6 is 0 Å². The van der Waals surface area contributed by atoms with Crippen LogP contribution in [0.25, 0.3) is 33.1 Å². The first kappa shape index (κ1) is 11.8. The van der Waals surface area contributed by atoms with Crippen molar-refractivity contribution in [1.82, 2.24) is 15.0 Å². The van der Waals surface area contributed by atoms with Gasteiger partial charge in [-0.25, -0.2) is 14.8 Å². The van der Waals surface area contributed by atoms with Gasteiger partial charge in [-0.3, -0.25) is 0 Å². The van der Waals surface area contributed by atoms with Gasteiger partial charge in [0.15, 0.2) is 5.65 Å². The van der Waals surface area contributed by atoms with Gasteiger partial charge in [-0.2, -0.15) is 0 Å². The van der Waals surface area contributed by atoms with Gasteiger partial charge in [0.25, 0.3) is 0 Å². The summed E-state index contributed by atoms with van der Waals surface area (Å²) < 4.78 is 0. The van der Waals surface area contributed by atoms with Crippen LogP contribution in [0.1, 0.15) is 15.9 Å². The third kappa shape index (κ3) is 1.74. The Morgan fingerprint density at radius 1 is 1.10 bits per heavy atom. The fraction of sp³-hybridized carbons (Fsp3) is 0.0625. The molecule has 0 bridgehead atoms. The lowest BCUT2D eigenvalue weighted by Crippen LogP contribution is -1.96. The van der Waals surface area contributed by atoms with Crippen molar-refractivity contribution in [2.24, 2.45) is 0 Å². The zero-order valence-corrected chi connectivity index (χ0v) is 11.2. The Bertz CT molecular complexity index is 1030. The molecular formula is C16H11N3O2. The van der Waals surface area contributed by atoms with Gasteiger partial charge >= 0.3 is 5.97 Å². The van der Waals surface area contributed by atoms with E-state index in [1.165, 1.54) is 0 Å². The van der Waals surface area contributed by atoms with Crippen LogP contribution in [-0.2, 0) is 0 Å². The van der Waals surface area contributed by atoms with E-state index >= 15 is 0 Å². The van der Waals surface area contributed by atoms with Crippen LogP contribution in [0.4, 0.5) is 0 Å². The number of aromatic carboxylic acids is 1. The molecule has 0 amide bonds. The van der Waals surface area contributed by atoms with Crippen molar-refractivity contribution in [3.8, 4) is 0 Å². The predicted molar refractivity (Wildman–Crippen MR) is 80.6 cm³/mol. The third-order valence-electron chi connectivity index (χ3n) is 3.59. The molecule has 0 aliphatic rings. The van der Waals surface area contributed by atoms with Gasteiger partial charge in [-0.05, 0) is 37.3 Å². The lowest BCUT2D eigenvalue weighted by molar-refractivity contribution is 0.0697. The van der Waals surface area contributed by atoms with E-state index in [-0.39, 0.29) is 5.56 Å². The number of aryl methyl sites for hydroxylation is 1. The van der Waals surface area contributed by atoms with Crippen molar-refractivity contribution < 1.29 is 9.90 Å². The Morgan fingerprint density at radius 2 is 1.95 bits per heavy atom. The predicted octanol–water partition coefficient (Wildman–Crippen LogP) is 3.27. The van der Waals surface area contributed by atoms with Crippen LogP contribution in [0, 0.1) is 6.92 Å². The lowest BCUT2D eigenvalue weighted by Gasteiger charge is -1.99. The minimum atomic E-state index is -0.967. The number of hydrogen-bond acceptors (Lipinski definition) is 3. The summed E-state index contributed by atoms with van der Waals surface area (Å²) in [5, 5.41) is 10.1. The molecule has 0 aliphatic heterocycles. The first-order chi connectivity index (χ1) is 10.1. The van der Waals surface area contributed by atoms with Gasteiger partial charge in [-0.15, -0.1) is 0 Å². The Balaban J connectivity index is 2.11. The number of H-pyrrole nitrogens is 1. The molecule has 0 aliphatic carbocycles. The molecular weight excluding hydrogens is 266 g/mol. The molecule has 0 spiro atoms. The van der Waals surface area contributed by atoms with E-state index in [4.69, 9.17) is 5.11 Å². The summed E-state index contributed by atoms with van der Waals surface area (Å²) >= 11 is 0. The van der Waals surface area contributed by atoms with E-state index in [0.717, 1.165) is 22.0 Å². The van der Waals surface area contributed by atoms with E-state index in [1.54, 1.807) is 18.2 Å². The van der Waals surface area contributed by atoms with Crippen molar-refractivity contribution in [3.63, 3.8) is 0 Å². The normalized spacial score (nSPS) is 11.5. The Hall–Kier alpha value is -2.95. The van der Waals surface area contributed by atoms with E-state index in [2.05, 4.69) is 21.0 Å². The van der Waals surface area contributed by atoms with Gasteiger partial charge in [0, 0.05) is 10.9 Å². The average molecular weight is 277 g/mol. The Kier molecular flexibility index (Phi) is 2.27. The molecule has 0 unspecified atom stereocenters. The molecule has 2 heterocycles. The molecule has 2 aromatic heterocycles. The Labute approximate surface area is 119 Å². The van der Waals surface area contributed by atoms with E-state index in [0.29, 0.717) is 16.7 Å². The maximum atomic E-state index is 11.0. The summed E-state index contributed by atoms with van der Waals surface area (Å²) in [6.45, 7) is 2.03. The second-order valence-electron chi connectivity index (χ2n) is 5.10. The minimum Gasteiger partial charge on any atom is -0.478 e. The number of rotatable bonds is 1. The fourth-order valence-electron chi connectivity index (χ4n) is 2.55. The molecule has 5 heteroatoms. The van der Waals surface area contributed by atoms with Crippen LogP contribution in [0.2, 0.25) is 0 Å². The monoisotopic (exact) mass is 277 g/mol. The zero-order valence-electron chi connectivity index (χ0n) is 11.2. The highest BCUT2D eigenvalue weighted by molar-refractivity contribution is 6.06. The highest BCUT2D eigenvalue weighted by Gasteiger charge is 2.11. The summed E-state index contributed by atoms with van der Waals surface area (Å²) in [5.74, 6) is -0.967. The Morgan fingerprint density at radius 3 is 2.76 bits per heavy atom. The number of carbonyl (C=O) groups is 1. The number of carboxylic acids is 1. The quantitative estimate of drug-likeness (QED) is 0.559. The minimum absolute atomic E-state index is 0.211. The van der Waals surface area contributed by atoms with E-state index in [9.17, 15) is 4.79 Å². The van der Waals surface area contributed by atoms with Gasteiger partial charge in [0.1, 0.15) is 5.52 Å². The number of hydrogen-bond donors (Lipinski definition) is 2. The van der Waals surface area contributed by atoms with Crippen LogP contribution in [0.3, 0.4) is 0 Å². The second kappa shape index (κ2) is 4.02. The van der Waals surface area contributed by atoms with Crippen molar-refractivity contribution in [2.75, 3.05) is 0 Å². The second-order valence-corrected chi connectivity index (χ2v) is 5.10. The molecule has 2 N–H and O–H groups in total. The molecule has 4 rings (SSSR count). The number of carboxylic acid groups (broad SMARTS) is 1. The SMILES string of the molecule is Cc1ccc2[nH]c3nc4cc(C(=O)O)ccc4nc3c2c1. The molecule has 102 valence electrons. The van der Waals surface area contributed by atoms with Crippen LogP contribution in [0.15, 0.2) is 36.4 Å². The fourth-order valence-corrected chi connectivity index (χ4v) is 2.55. The molecule has 4 aromatic rings. The summed E-state index contributed by atoms with van der Waals surface area (Å²) in [4.78, 5) is 23.4.